The van der Waals surface area contributed by atoms with Crippen molar-refractivity contribution in [1.82, 2.24) is 25.1 Å². The van der Waals surface area contributed by atoms with E-state index in [1.165, 1.54) is 0 Å². The molecule has 10 nitrogen and oxygen atoms in total. The van der Waals surface area contributed by atoms with Crippen LogP contribution in [0, 0.1) is 0 Å². The quantitative estimate of drug-likeness (QED) is 0.529. The Labute approximate surface area is 212 Å². The van der Waals surface area contributed by atoms with E-state index in [9.17, 15) is 35.9 Å². The van der Waals surface area contributed by atoms with E-state index in [-0.39, 0.29) is 24.3 Å². The van der Waals surface area contributed by atoms with Crippen molar-refractivity contribution in [1.29, 1.82) is 0 Å². The Morgan fingerprint density at radius 2 is 1.68 bits per heavy atom. The number of carbonyl (C=O) groups excluding carboxylic acids is 1. The fourth-order valence-corrected chi connectivity index (χ4v) is 4.40. The minimum Gasteiger partial charge on any atom is -0.366 e. The summed E-state index contributed by atoms with van der Waals surface area (Å²) in [5.74, 6) is -0.295. The monoisotopic (exact) mass is 549 g/mol. The number of nitrogens with zero attached hydrogens (tertiary/aromatic N) is 5. The number of piperazine rings is 1. The number of nitrogens with one attached hydrogen (secondary N) is 2. The molecular weight excluding hydrogens is 524 g/mol. The molecular formula is C22H25F6N7O3. The highest BCUT2D eigenvalue weighted by atomic mass is 19.4. The van der Waals surface area contributed by atoms with E-state index in [4.69, 9.17) is 4.74 Å². The Hall–Kier alpha value is -3.43. The summed E-state index contributed by atoms with van der Waals surface area (Å²) in [7, 11) is 0. The van der Waals surface area contributed by atoms with E-state index in [1.807, 2.05) is 5.10 Å². The van der Waals surface area contributed by atoms with E-state index in [1.54, 1.807) is 9.80 Å². The summed E-state index contributed by atoms with van der Waals surface area (Å²) < 4.78 is 83.1. The standard InChI is InChI=1S/C22H25F6N7O3/c23-21(24,25)13-10-29-20(30-11-13)35-7-5-34(6-8-35)18(36)12-38-16-4-2-1-3-15(16)31-17-9-14(22(26,27)28)19(37)33-32-17/h9-11,15-16H,1-8,12H2,(H,31,32)(H,33,37)/t15-,16-/m1/s1. The van der Waals surface area contributed by atoms with Crippen LogP contribution in [0.3, 0.4) is 0 Å². The average Bonchev–Trinajstić information content (AvgIpc) is 2.88. The molecule has 0 aromatic carbocycles. The van der Waals surface area contributed by atoms with Gasteiger partial charge in [0.05, 0.1) is 17.7 Å². The minimum atomic E-state index is -4.83. The molecule has 2 aromatic heterocycles. The molecule has 1 amide bonds. The Kier molecular flexibility index (Phi) is 8.08. The zero-order chi connectivity index (χ0) is 27.5. The van der Waals surface area contributed by atoms with E-state index in [0.29, 0.717) is 45.1 Å². The van der Waals surface area contributed by atoms with E-state index in [0.717, 1.165) is 25.2 Å². The highest BCUT2D eigenvalue weighted by Crippen LogP contribution is 2.30. The van der Waals surface area contributed by atoms with E-state index in [2.05, 4.69) is 20.4 Å². The molecule has 4 rings (SSSR count). The number of rotatable bonds is 6. The number of carbonyl (C=O) groups is 1. The predicted molar refractivity (Wildman–Crippen MR) is 121 cm³/mol. The zero-order valence-corrected chi connectivity index (χ0v) is 20.0. The third-order valence-corrected chi connectivity index (χ3v) is 6.45. The summed E-state index contributed by atoms with van der Waals surface area (Å²) in [6.45, 7) is 0.988. The number of halogens is 6. The van der Waals surface area contributed by atoms with Crippen molar-refractivity contribution in [2.24, 2.45) is 0 Å². The molecule has 0 spiro atoms. The lowest BCUT2D eigenvalue weighted by molar-refractivity contribution is -0.140. The van der Waals surface area contributed by atoms with Gasteiger partial charge in [-0.15, -0.1) is 0 Å². The predicted octanol–water partition coefficient (Wildman–Crippen LogP) is 2.69. The van der Waals surface area contributed by atoms with Crippen molar-refractivity contribution in [2.75, 3.05) is 43.0 Å². The molecule has 0 bridgehead atoms. The summed E-state index contributed by atoms with van der Waals surface area (Å²) in [6.07, 6.45) is -5.61. The number of ether oxygens (including phenoxy) is 1. The first kappa shape index (κ1) is 27.6. The second kappa shape index (κ2) is 11.1. The number of hydrogen-bond donors (Lipinski definition) is 2. The van der Waals surface area contributed by atoms with Gasteiger partial charge in [0.25, 0.3) is 5.56 Å². The molecule has 3 heterocycles. The van der Waals surface area contributed by atoms with Gasteiger partial charge in [-0.3, -0.25) is 9.59 Å². The molecule has 16 heteroatoms. The molecule has 1 aliphatic heterocycles. The number of amides is 1. The summed E-state index contributed by atoms with van der Waals surface area (Å²) >= 11 is 0. The van der Waals surface area contributed by atoms with Gasteiger partial charge in [0, 0.05) is 44.6 Å². The van der Waals surface area contributed by atoms with Gasteiger partial charge in [0.2, 0.25) is 11.9 Å². The highest BCUT2D eigenvalue weighted by molar-refractivity contribution is 5.77. The van der Waals surface area contributed by atoms with Crippen LogP contribution in [0.4, 0.5) is 38.1 Å². The van der Waals surface area contributed by atoms with Crippen LogP contribution in [-0.4, -0.2) is 75.9 Å². The first-order chi connectivity index (χ1) is 17.9. The van der Waals surface area contributed by atoms with Crippen molar-refractivity contribution in [2.45, 2.75) is 50.2 Å². The third kappa shape index (κ3) is 6.71. The van der Waals surface area contributed by atoms with Gasteiger partial charge in [0.1, 0.15) is 18.0 Å². The molecule has 2 aromatic rings. The van der Waals surface area contributed by atoms with E-state index >= 15 is 0 Å². The fourth-order valence-electron chi connectivity index (χ4n) is 4.40. The molecule has 208 valence electrons. The number of hydrogen-bond acceptors (Lipinski definition) is 8. The summed E-state index contributed by atoms with van der Waals surface area (Å²) in [6, 6.07) is 0.236. The molecule has 38 heavy (non-hydrogen) atoms. The minimum absolute atomic E-state index is 0.141. The Balaban J connectivity index is 1.29. The summed E-state index contributed by atoms with van der Waals surface area (Å²) in [5, 5.41) is 8.38. The molecule has 2 aliphatic rings. The van der Waals surface area contributed by atoms with Gasteiger partial charge in [-0.05, 0) is 12.8 Å². The largest absolute Gasteiger partial charge is 0.421 e. The summed E-state index contributed by atoms with van der Waals surface area (Å²) in [5.41, 5.74) is -3.64. The second-order valence-corrected chi connectivity index (χ2v) is 9.02. The number of anilines is 2. The maximum Gasteiger partial charge on any atom is 0.421 e. The van der Waals surface area contributed by atoms with Crippen LogP contribution in [-0.2, 0) is 21.9 Å². The molecule has 1 aliphatic carbocycles. The van der Waals surface area contributed by atoms with Gasteiger partial charge in [0.15, 0.2) is 0 Å². The fraction of sp³-hybridized carbons (Fsp3) is 0.591. The SMILES string of the molecule is O=C(CO[C@@H]1CCCC[C@H]1Nc1cc(C(F)(F)F)c(=O)[nH]n1)N1CCN(c2ncc(C(F)(F)F)cn2)CC1. The van der Waals surface area contributed by atoms with Crippen LogP contribution in [0.15, 0.2) is 23.3 Å². The van der Waals surface area contributed by atoms with Gasteiger partial charge in [-0.1, -0.05) is 12.8 Å². The third-order valence-electron chi connectivity index (χ3n) is 6.45. The van der Waals surface area contributed by atoms with Crippen LogP contribution in [0.1, 0.15) is 36.8 Å². The Bertz CT molecular complexity index is 1160. The second-order valence-electron chi connectivity index (χ2n) is 9.02. The first-order valence-corrected chi connectivity index (χ1v) is 11.9. The van der Waals surface area contributed by atoms with Gasteiger partial charge in [-0.25, -0.2) is 15.1 Å². The number of alkyl halides is 6. The normalized spacial score (nSPS) is 20.9. The molecule has 2 fully saturated rings. The maximum absolute atomic E-state index is 13.1. The van der Waals surface area contributed by atoms with Crippen LogP contribution in [0.2, 0.25) is 0 Å². The smallest absolute Gasteiger partial charge is 0.366 e. The summed E-state index contributed by atoms with van der Waals surface area (Å²) in [4.78, 5) is 35.0. The average molecular weight is 549 g/mol. The van der Waals surface area contributed by atoms with Crippen LogP contribution in [0.25, 0.3) is 0 Å². The van der Waals surface area contributed by atoms with E-state index < -0.39 is 41.2 Å². The first-order valence-electron chi connectivity index (χ1n) is 11.9. The van der Waals surface area contributed by atoms with Crippen molar-refractivity contribution in [3.05, 3.63) is 39.9 Å². The lowest BCUT2D eigenvalue weighted by Crippen LogP contribution is -2.51. The van der Waals surface area contributed by atoms with Crippen molar-refractivity contribution >= 4 is 17.7 Å². The van der Waals surface area contributed by atoms with Crippen LogP contribution >= 0.6 is 0 Å². The molecule has 1 saturated heterocycles. The van der Waals surface area contributed by atoms with Crippen LogP contribution < -0.4 is 15.8 Å². The molecule has 2 atom stereocenters. The zero-order valence-electron chi connectivity index (χ0n) is 20.0. The molecule has 2 N–H and O–H groups in total. The lowest BCUT2D eigenvalue weighted by Gasteiger charge is -2.36. The number of aromatic amines is 1. The Morgan fingerprint density at radius 1 is 1.03 bits per heavy atom. The van der Waals surface area contributed by atoms with Crippen molar-refractivity contribution in [3.63, 3.8) is 0 Å². The number of H-pyrrole nitrogens is 1. The molecule has 0 unspecified atom stereocenters. The van der Waals surface area contributed by atoms with Gasteiger partial charge in [-0.2, -0.15) is 31.4 Å². The van der Waals surface area contributed by atoms with Gasteiger partial charge >= 0.3 is 12.4 Å². The topological polar surface area (TPSA) is 116 Å². The molecule has 0 radical (unpaired) electrons. The maximum atomic E-state index is 13.1. The van der Waals surface area contributed by atoms with Crippen molar-refractivity contribution < 1.29 is 35.9 Å². The Morgan fingerprint density at radius 3 is 2.32 bits per heavy atom. The van der Waals surface area contributed by atoms with Crippen molar-refractivity contribution in [3.8, 4) is 0 Å². The highest BCUT2D eigenvalue weighted by Gasteiger charge is 2.36. The number of aromatic nitrogens is 4. The van der Waals surface area contributed by atoms with Gasteiger partial charge < -0.3 is 19.9 Å². The van der Waals surface area contributed by atoms with Crippen LogP contribution in [0.5, 0.6) is 0 Å². The molecule has 1 saturated carbocycles. The lowest BCUT2D eigenvalue weighted by atomic mass is 9.92.